The molecule has 0 fully saturated rings. The van der Waals surface area contributed by atoms with E-state index in [9.17, 15) is 14.0 Å². The summed E-state index contributed by atoms with van der Waals surface area (Å²) < 4.78 is 15.1. The van der Waals surface area contributed by atoms with E-state index in [-0.39, 0.29) is 17.8 Å². The Hall–Kier alpha value is -2.97. The molecule has 0 spiro atoms. The molecule has 0 atom stereocenters. The van der Waals surface area contributed by atoms with Crippen LogP contribution in [0.25, 0.3) is 0 Å². The van der Waals surface area contributed by atoms with Crippen molar-refractivity contribution in [2.45, 2.75) is 6.54 Å². The van der Waals surface area contributed by atoms with E-state index in [0.29, 0.717) is 6.54 Å². The normalized spacial score (nSPS) is 10.1. The maximum absolute atomic E-state index is 13.6. The van der Waals surface area contributed by atoms with Crippen LogP contribution in [0.3, 0.4) is 0 Å². The minimum absolute atomic E-state index is 0.0988. The SMILES string of the molecule is O=C(NCCn1ccnn1)Nc1ccc(C(=O)O)cc1F. The molecule has 110 valence electrons. The lowest BCUT2D eigenvalue weighted by molar-refractivity contribution is 0.0696. The minimum atomic E-state index is -1.24. The Kier molecular flexibility index (Phi) is 4.44. The maximum Gasteiger partial charge on any atom is 0.335 e. The average Bonchev–Trinajstić information content (AvgIpc) is 2.94. The Morgan fingerprint density at radius 3 is 2.81 bits per heavy atom. The summed E-state index contributed by atoms with van der Waals surface area (Å²) in [5.41, 5.74) is -0.289. The number of rotatable bonds is 5. The zero-order valence-electron chi connectivity index (χ0n) is 10.8. The number of halogens is 1. The number of nitrogens with zero attached hydrogens (tertiary/aromatic N) is 3. The number of carbonyl (C=O) groups excluding carboxylic acids is 1. The molecule has 0 radical (unpaired) electrons. The first-order valence-corrected chi connectivity index (χ1v) is 5.98. The lowest BCUT2D eigenvalue weighted by Crippen LogP contribution is -2.31. The molecule has 0 aliphatic rings. The number of hydrogen-bond donors (Lipinski definition) is 3. The molecule has 0 bridgehead atoms. The zero-order valence-corrected chi connectivity index (χ0v) is 10.8. The van der Waals surface area contributed by atoms with Crippen LogP contribution in [0, 0.1) is 5.82 Å². The molecule has 21 heavy (non-hydrogen) atoms. The average molecular weight is 293 g/mol. The monoisotopic (exact) mass is 293 g/mol. The fourth-order valence-corrected chi connectivity index (χ4v) is 1.55. The number of aromatic nitrogens is 3. The molecule has 2 amide bonds. The van der Waals surface area contributed by atoms with Crippen molar-refractivity contribution >= 4 is 17.7 Å². The van der Waals surface area contributed by atoms with E-state index < -0.39 is 17.8 Å². The molecular formula is C12H12FN5O3. The topological polar surface area (TPSA) is 109 Å². The molecule has 1 aromatic heterocycles. The molecule has 9 heteroatoms. The van der Waals surface area contributed by atoms with Gasteiger partial charge in [0.1, 0.15) is 5.82 Å². The summed E-state index contributed by atoms with van der Waals surface area (Å²) in [5, 5.41) is 20.8. The Morgan fingerprint density at radius 2 is 2.19 bits per heavy atom. The second-order valence-electron chi connectivity index (χ2n) is 4.05. The van der Waals surface area contributed by atoms with Gasteiger partial charge in [-0.3, -0.25) is 4.68 Å². The van der Waals surface area contributed by atoms with E-state index in [2.05, 4.69) is 20.9 Å². The van der Waals surface area contributed by atoms with Crippen molar-refractivity contribution in [3.63, 3.8) is 0 Å². The van der Waals surface area contributed by atoms with E-state index in [1.54, 1.807) is 6.20 Å². The first-order chi connectivity index (χ1) is 10.1. The smallest absolute Gasteiger partial charge is 0.335 e. The van der Waals surface area contributed by atoms with E-state index in [4.69, 9.17) is 5.11 Å². The number of carboxylic acids is 1. The van der Waals surface area contributed by atoms with Gasteiger partial charge in [0.15, 0.2) is 0 Å². The summed E-state index contributed by atoms with van der Waals surface area (Å²) in [4.78, 5) is 22.2. The molecule has 8 nitrogen and oxygen atoms in total. The molecule has 0 aliphatic carbocycles. The molecule has 1 aromatic carbocycles. The number of anilines is 1. The molecule has 1 heterocycles. The van der Waals surface area contributed by atoms with Crippen molar-refractivity contribution in [2.75, 3.05) is 11.9 Å². The van der Waals surface area contributed by atoms with Crippen molar-refractivity contribution in [3.05, 3.63) is 42.0 Å². The van der Waals surface area contributed by atoms with Crippen LogP contribution in [0.5, 0.6) is 0 Å². The van der Waals surface area contributed by atoms with Crippen LogP contribution in [0.15, 0.2) is 30.6 Å². The summed E-state index contributed by atoms with van der Waals surface area (Å²) in [6, 6.07) is 2.64. The highest BCUT2D eigenvalue weighted by atomic mass is 19.1. The van der Waals surface area contributed by atoms with Crippen LogP contribution in [0.1, 0.15) is 10.4 Å². The van der Waals surface area contributed by atoms with Gasteiger partial charge in [-0.15, -0.1) is 5.10 Å². The first kappa shape index (κ1) is 14.4. The number of amides is 2. The lowest BCUT2D eigenvalue weighted by Gasteiger charge is -2.08. The van der Waals surface area contributed by atoms with Gasteiger partial charge in [-0.1, -0.05) is 5.21 Å². The molecule has 0 saturated carbocycles. The fraction of sp³-hybridized carbons (Fsp3) is 0.167. The van der Waals surface area contributed by atoms with Crippen LogP contribution in [-0.2, 0) is 6.54 Å². The van der Waals surface area contributed by atoms with Crippen molar-refractivity contribution in [1.29, 1.82) is 0 Å². The number of carbonyl (C=O) groups is 2. The third-order valence-corrected chi connectivity index (χ3v) is 2.56. The maximum atomic E-state index is 13.6. The first-order valence-electron chi connectivity index (χ1n) is 5.98. The third kappa shape index (κ3) is 4.00. The quantitative estimate of drug-likeness (QED) is 0.760. The fourth-order valence-electron chi connectivity index (χ4n) is 1.55. The van der Waals surface area contributed by atoms with Crippen LogP contribution >= 0.6 is 0 Å². The molecule has 2 aromatic rings. The van der Waals surface area contributed by atoms with E-state index in [1.807, 2.05) is 0 Å². The largest absolute Gasteiger partial charge is 0.478 e. The molecule has 0 saturated heterocycles. The summed E-state index contributed by atoms with van der Waals surface area (Å²) in [6.07, 6.45) is 3.16. The number of nitrogens with one attached hydrogen (secondary N) is 2. The van der Waals surface area contributed by atoms with Crippen LogP contribution < -0.4 is 10.6 Å². The van der Waals surface area contributed by atoms with Crippen LogP contribution in [0.2, 0.25) is 0 Å². The van der Waals surface area contributed by atoms with Gasteiger partial charge in [0.25, 0.3) is 0 Å². The highest BCUT2D eigenvalue weighted by molar-refractivity contribution is 5.91. The van der Waals surface area contributed by atoms with E-state index >= 15 is 0 Å². The highest BCUT2D eigenvalue weighted by Crippen LogP contribution is 2.15. The number of benzene rings is 1. The molecule has 0 aliphatic heterocycles. The summed E-state index contributed by atoms with van der Waals surface area (Å²) in [6.45, 7) is 0.706. The van der Waals surface area contributed by atoms with Gasteiger partial charge < -0.3 is 15.7 Å². The van der Waals surface area contributed by atoms with E-state index in [0.717, 1.165) is 6.07 Å². The van der Waals surface area contributed by atoms with Crippen LogP contribution in [0.4, 0.5) is 14.9 Å². The van der Waals surface area contributed by atoms with Gasteiger partial charge in [0, 0.05) is 12.7 Å². The summed E-state index contributed by atoms with van der Waals surface area (Å²) in [5.74, 6) is -2.06. The Labute approximate surface area is 118 Å². The second kappa shape index (κ2) is 6.46. The number of aromatic carboxylic acids is 1. The van der Waals surface area contributed by atoms with Crippen molar-refractivity contribution in [2.24, 2.45) is 0 Å². The molecule has 3 N–H and O–H groups in total. The van der Waals surface area contributed by atoms with Gasteiger partial charge in [-0.05, 0) is 18.2 Å². The van der Waals surface area contributed by atoms with Crippen LogP contribution in [-0.4, -0.2) is 38.6 Å². The minimum Gasteiger partial charge on any atom is -0.478 e. The predicted molar refractivity (Wildman–Crippen MR) is 70.4 cm³/mol. The number of carboxylic acid groups (broad SMARTS) is 1. The van der Waals surface area contributed by atoms with E-state index in [1.165, 1.54) is 23.0 Å². The van der Waals surface area contributed by atoms with Gasteiger partial charge in [0.05, 0.1) is 24.0 Å². The second-order valence-corrected chi connectivity index (χ2v) is 4.05. The standard InChI is InChI=1S/C12H12FN5O3/c13-9-7-8(11(19)20)1-2-10(9)16-12(21)14-3-5-18-6-4-15-17-18/h1-2,4,6-7H,3,5H2,(H,19,20)(H2,14,16,21). The van der Waals surface area contributed by atoms with Crippen molar-refractivity contribution in [1.82, 2.24) is 20.3 Å². The molecular weight excluding hydrogens is 281 g/mol. The number of urea groups is 1. The molecule has 2 rings (SSSR count). The molecule has 0 unspecified atom stereocenters. The Bertz CT molecular complexity index is 644. The predicted octanol–water partition coefficient (Wildman–Crippen LogP) is 0.937. The van der Waals surface area contributed by atoms with Gasteiger partial charge in [0.2, 0.25) is 0 Å². The number of hydrogen-bond acceptors (Lipinski definition) is 4. The van der Waals surface area contributed by atoms with Gasteiger partial charge >= 0.3 is 12.0 Å². The third-order valence-electron chi connectivity index (χ3n) is 2.56. The Morgan fingerprint density at radius 1 is 1.38 bits per heavy atom. The highest BCUT2D eigenvalue weighted by Gasteiger charge is 2.10. The van der Waals surface area contributed by atoms with Crippen molar-refractivity contribution < 1.29 is 19.1 Å². The van der Waals surface area contributed by atoms with Gasteiger partial charge in [-0.25, -0.2) is 14.0 Å². The summed E-state index contributed by atoms with van der Waals surface area (Å²) in [7, 11) is 0. The Balaban J connectivity index is 1.86. The zero-order chi connectivity index (χ0) is 15.2. The summed E-state index contributed by atoms with van der Waals surface area (Å²) >= 11 is 0. The van der Waals surface area contributed by atoms with Crippen molar-refractivity contribution in [3.8, 4) is 0 Å². The lowest BCUT2D eigenvalue weighted by atomic mass is 10.2. The van der Waals surface area contributed by atoms with Gasteiger partial charge in [-0.2, -0.15) is 0 Å².